The minimum Gasteiger partial charge on any atom is -0.382 e. The number of hydrogen-bond acceptors (Lipinski definition) is 5. The first-order chi connectivity index (χ1) is 15.4. The summed E-state index contributed by atoms with van der Waals surface area (Å²) >= 11 is 0. The minimum atomic E-state index is -0.788. The summed E-state index contributed by atoms with van der Waals surface area (Å²) in [6.07, 6.45) is 4.43. The van der Waals surface area contributed by atoms with Gasteiger partial charge in [0.25, 0.3) is 0 Å². The van der Waals surface area contributed by atoms with Gasteiger partial charge in [0, 0.05) is 18.1 Å². The highest BCUT2D eigenvalue weighted by Gasteiger charge is 2.60. The maximum Gasteiger partial charge on any atom is 0.184 e. The van der Waals surface area contributed by atoms with E-state index in [9.17, 15) is 9.65 Å². The average Bonchev–Trinajstić information content (AvgIpc) is 3.22. The summed E-state index contributed by atoms with van der Waals surface area (Å²) in [5.74, 6) is 0.0279. The largest absolute Gasteiger partial charge is 0.382 e. The van der Waals surface area contributed by atoms with Gasteiger partial charge in [0.2, 0.25) is 0 Å². The molecular weight excluding hydrogens is 391 g/mol. The van der Waals surface area contributed by atoms with Crippen molar-refractivity contribution in [2.75, 3.05) is 7.09 Å². The SMILES string of the molecule is [2H]COC1CCC2(CC1)Cc1ccc(-c3cc(F)cc(C#N)c3)cc1C21N=C(C)C(N)=N1. The molecule has 158 valence electrons. The molecule has 0 aromatic heterocycles. The first-order valence-electron chi connectivity index (χ1n) is 11.3. The highest BCUT2D eigenvalue weighted by Crippen LogP contribution is 2.62. The number of rotatable bonds is 2. The Morgan fingerprint density at radius 2 is 2.00 bits per heavy atom. The molecule has 1 aliphatic heterocycles. The van der Waals surface area contributed by atoms with Crippen LogP contribution < -0.4 is 5.73 Å². The van der Waals surface area contributed by atoms with Crippen LogP contribution in [0.25, 0.3) is 11.1 Å². The van der Waals surface area contributed by atoms with Gasteiger partial charge in [0.1, 0.15) is 11.7 Å². The van der Waals surface area contributed by atoms with Crippen LogP contribution in [-0.2, 0) is 16.8 Å². The van der Waals surface area contributed by atoms with Gasteiger partial charge >= 0.3 is 0 Å². The molecule has 31 heavy (non-hydrogen) atoms. The molecule has 3 aliphatic rings. The van der Waals surface area contributed by atoms with Gasteiger partial charge in [-0.3, -0.25) is 4.99 Å². The minimum absolute atomic E-state index is 0.0208. The van der Waals surface area contributed by atoms with Crippen molar-refractivity contribution in [3.05, 3.63) is 58.9 Å². The van der Waals surface area contributed by atoms with E-state index < -0.39 is 11.5 Å². The molecule has 5 nitrogen and oxygen atoms in total. The van der Waals surface area contributed by atoms with Crippen LogP contribution in [0.1, 0.15) is 50.7 Å². The number of nitrogens with two attached hydrogens (primary N) is 1. The lowest BCUT2D eigenvalue weighted by Crippen LogP contribution is -2.43. The predicted molar refractivity (Wildman–Crippen MR) is 118 cm³/mol. The number of benzene rings is 2. The summed E-state index contributed by atoms with van der Waals surface area (Å²) in [5, 5.41) is 9.25. The Labute approximate surface area is 182 Å². The summed E-state index contributed by atoms with van der Waals surface area (Å²) in [7, 11) is -0.0208. The first kappa shape index (κ1) is 18.7. The Balaban J connectivity index is 1.62. The molecule has 1 fully saturated rings. The van der Waals surface area contributed by atoms with Gasteiger partial charge in [0.05, 0.1) is 24.8 Å². The Hall–Kier alpha value is -3.04. The second kappa shape index (κ2) is 7.00. The first-order valence-corrected chi connectivity index (χ1v) is 10.6. The molecule has 1 saturated carbocycles. The molecule has 1 atom stereocenters. The normalized spacial score (nSPS) is 29.5. The fourth-order valence-corrected chi connectivity index (χ4v) is 5.60. The van der Waals surface area contributed by atoms with Crippen molar-refractivity contribution in [2.24, 2.45) is 21.1 Å². The molecule has 5 rings (SSSR count). The van der Waals surface area contributed by atoms with E-state index in [1.54, 1.807) is 6.07 Å². The third-order valence-corrected chi connectivity index (χ3v) is 7.22. The number of aliphatic imine (C=N–C) groups is 2. The zero-order valence-electron chi connectivity index (χ0n) is 18.5. The molecule has 0 saturated heterocycles. The molecule has 2 spiro atoms. The van der Waals surface area contributed by atoms with Gasteiger partial charge in [-0.2, -0.15) is 5.26 Å². The van der Waals surface area contributed by atoms with Gasteiger partial charge < -0.3 is 10.5 Å². The third-order valence-electron chi connectivity index (χ3n) is 7.22. The zero-order chi connectivity index (χ0) is 22.5. The number of hydrogen-bond donors (Lipinski definition) is 1. The predicted octanol–water partition coefficient (Wildman–Crippen LogP) is 4.48. The van der Waals surface area contributed by atoms with Crippen LogP contribution in [0.3, 0.4) is 0 Å². The van der Waals surface area contributed by atoms with Gasteiger partial charge in [-0.15, -0.1) is 0 Å². The van der Waals surface area contributed by atoms with E-state index in [1.807, 2.05) is 25.1 Å². The van der Waals surface area contributed by atoms with E-state index >= 15 is 0 Å². The lowest BCUT2D eigenvalue weighted by Gasteiger charge is -2.44. The monoisotopic (exact) mass is 417 g/mol. The molecule has 0 radical (unpaired) electrons. The van der Waals surface area contributed by atoms with Crippen LogP contribution in [0, 0.1) is 22.6 Å². The van der Waals surface area contributed by atoms with Gasteiger partial charge in [-0.05, 0) is 80.0 Å². The smallest absolute Gasteiger partial charge is 0.184 e. The maximum absolute atomic E-state index is 14.1. The standard InChI is InChI=1S/C25H25FN4O/c1-15-23(28)30-25(29-15)22-12-17(19-9-16(14-27)10-20(26)11-19)3-4-18(22)13-24(25)7-5-21(31-2)6-8-24/h3-4,9-12,21H,5-8,13H2,1-2H3,(H2,28,30)/i2D. The van der Waals surface area contributed by atoms with E-state index in [4.69, 9.17) is 21.8 Å². The number of fused-ring (bicyclic) bond motifs is 3. The van der Waals surface area contributed by atoms with Crippen LogP contribution in [0.15, 0.2) is 46.4 Å². The topological polar surface area (TPSA) is 83.8 Å². The summed E-state index contributed by atoms with van der Waals surface area (Å²) in [5.41, 5.74) is 9.97. The number of nitrogens with zero attached hydrogens (tertiary/aromatic N) is 3. The summed E-state index contributed by atoms with van der Waals surface area (Å²) in [6, 6.07) is 12.5. The highest BCUT2D eigenvalue weighted by molar-refractivity contribution is 6.41. The van der Waals surface area contributed by atoms with Crippen molar-refractivity contribution in [1.82, 2.24) is 0 Å². The summed E-state index contributed by atoms with van der Waals surface area (Å²) in [6.45, 7) is 1.89. The average molecular weight is 418 g/mol. The zero-order valence-corrected chi connectivity index (χ0v) is 17.5. The quantitative estimate of drug-likeness (QED) is 0.782. The molecular formula is C25H25FN4O. The van der Waals surface area contributed by atoms with Crippen LogP contribution in [0.4, 0.5) is 4.39 Å². The van der Waals surface area contributed by atoms with E-state index in [0.717, 1.165) is 48.9 Å². The van der Waals surface area contributed by atoms with Gasteiger partial charge in [-0.25, -0.2) is 9.38 Å². The molecule has 2 aromatic carbocycles. The second-order valence-electron chi connectivity index (χ2n) is 8.90. The van der Waals surface area contributed by atoms with Crippen LogP contribution in [0.2, 0.25) is 0 Å². The lowest BCUT2D eigenvalue weighted by atomic mass is 9.65. The van der Waals surface area contributed by atoms with Crippen LogP contribution >= 0.6 is 0 Å². The third kappa shape index (κ3) is 2.91. The van der Waals surface area contributed by atoms with Crippen molar-refractivity contribution in [2.45, 2.75) is 50.8 Å². The lowest BCUT2D eigenvalue weighted by molar-refractivity contribution is -0.000372. The van der Waals surface area contributed by atoms with Crippen molar-refractivity contribution in [3.63, 3.8) is 0 Å². The van der Waals surface area contributed by atoms with E-state index in [2.05, 4.69) is 6.07 Å². The fourth-order valence-electron chi connectivity index (χ4n) is 5.60. The van der Waals surface area contributed by atoms with Crippen LogP contribution in [-0.4, -0.2) is 24.7 Å². The number of amidine groups is 1. The molecule has 2 N–H and O–H groups in total. The summed E-state index contributed by atoms with van der Waals surface area (Å²) in [4.78, 5) is 10.0. The van der Waals surface area contributed by atoms with Crippen molar-refractivity contribution in [3.8, 4) is 17.2 Å². The Morgan fingerprint density at radius 3 is 2.68 bits per heavy atom. The molecule has 2 aliphatic carbocycles. The number of ether oxygens (including phenoxy) is 1. The van der Waals surface area contributed by atoms with Crippen molar-refractivity contribution >= 4 is 11.5 Å². The Morgan fingerprint density at radius 1 is 1.19 bits per heavy atom. The molecule has 0 amide bonds. The molecule has 1 unspecified atom stereocenters. The molecule has 1 heterocycles. The van der Waals surface area contributed by atoms with E-state index in [-0.39, 0.29) is 24.2 Å². The van der Waals surface area contributed by atoms with Crippen molar-refractivity contribution in [1.29, 1.82) is 5.26 Å². The summed E-state index contributed by atoms with van der Waals surface area (Å²) < 4.78 is 27.1. The Bertz CT molecular complexity index is 1170. The maximum atomic E-state index is 14.1. The second-order valence-corrected chi connectivity index (χ2v) is 8.90. The van der Waals surface area contributed by atoms with Crippen molar-refractivity contribution < 1.29 is 10.5 Å². The highest BCUT2D eigenvalue weighted by atomic mass is 19.1. The van der Waals surface area contributed by atoms with Crippen LogP contribution in [0.5, 0.6) is 0 Å². The van der Waals surface area contributed by atoms with Gasteiger partial charge in [0.15, 0.2) is 5.66 Å². The van der Waals surface area contributed by atoms with E-state index in [0.29, 0.717) is 11.4 Å². The molecule has 2 aromatic rings. The van der Waals surface area contributed by atoms with E-state index in [1.165, 1.54) is 17.7 Å². The number of methoxy groups -OCH3 is 1. The Kier molecular flexibility index (Phi) is 4.22. The van der Waals surface area contributed by atoms with Gasteiger partial charge in [-0.1, -0.05) is 12.1 Å². The molecule has 0 bridgehead atoms. The number of nitriles is 1. The fraction of sp³-hybridized carbons (Fsp3) is 0.400. The molecule has 6 heteroatoms. The number of halogens is 1.